The molecule has 1 aromatic heterocycles. The van der Waals surface area contributed by atoms with E-state index in [4.69, 9.17) is 20.4 Å². The zero-order valence-corrected chi connectivity index (χ0v) is 17.4. The molecule has 1 aliphatic heterocycles. The smallest absolute Gasteiger partial charge is 0.475 e. The minimum atomic E-state index is -5.08. The number of fused-ring (bicyclic) bond motifs is 1. The highest BCUT2D eigenvalue weighted by atomic mass is 19.4. The monoisotopic (exact) mass is 447 g/mol. The van der Waals surface area contributed by atoms with E-state index in [-0.39, 0.29) is 18.2 Å². The molecule has 1 aliphatic rings. The molecule has 0 bridgehead atoms. The molecule has 0 spiro atoms. The second-order valence-corrected chi connectivity index (χ2v) is 7.25. The number of carbonyl (C=O) groups is 2. The molecule has 172 valence electrons. The van der Waals surface area contributed by atoms with Crippen LogP contribution in [-0.2, 0) is 9.53 Å². The molecule has 1 fully saturated rings. The average Bonchev–Trinajstić information content (AvgIpc) is 2.96. The lowest BCUT2D eigenvalue weighted by molar-refractivity contribution is -0.192. The second-order valence-electron chi connectivity index (χ2n) is 7.25. The van der Waals surface area contributed by atoms with Gasteiger partial charge in [0, 0.05) is 30.2 Å². The average molecular weight is 447 g/mol. The zero-order valence-electron chi connectivity index (χ0n) is 17.4. The minimum absolute atomic E-state index is 0.0401. The molecule has 0 radical (unpaired) electrons. The van der Waals surface area contributed by atoms with Gasteiger partial charge in [-0.15, -0.1) is 0 Å². The molecule has 1 atom stereocenters. The summed E-state index contributed by atoms with van der Waals surface area (Å²) in [6.07, 6.45) is -3.20. The Morgan fingerprint density at radius 1 is 1.35 bits per heavy atom. The third-order valence-corrected chi connectivity index (χ3v) is 5.02. The number of nitrogens with two attached hydrogens (primary N) is 1. The number of piperidine rings is 1. The molecule has 1 aromatic carbocycles. The summed E-state index contributed by atoms with van der Waals surface area (Å²) in [5.74, 6) is -3.67. The van der Waals surface area contributed by atoms with Gasteiger partial charge < -0.3 is 25.5 Å². The summed E-state index contributed by atoms with van der Waals surface area (Å²) >= 11 is 0. The molecule has 0 amide bonds. The number of H-pyrrole nitrogens is 1. The van der Waals surface area contributed by atoms with Crippen molar-refractivity contribution in [3.63, 3.8) is 0 Å². The zero-order chi connectivity index (χ0) is 23.5. The van der Waals surface area contributed by atoms with Gasteiger partial charge >= 0.3 is 18.1 Å². The Morgan fingerprint density at radius 2 is 1.97 bits per heavy atom. The number of esters is 1. The maximum atomic E-state index is 15.0. The van der Waals surface area contributed by atoms with Crippen LogP contribution in [0.3, 0.4) is 0 Å². The third-order valence-electron chi connectivity index (χ3n) is 5.02. The number of aryl methyl sites for hydroxylation is 2. The van der Waals surface area contributed by atoms with E-state index in [1.54, 1.807) is 6.92 Å². The first-order valence-corrected chi connectivity index (χ1v) is 9.67. The summed E-state index contributed by atoms with van der Waals surface area (Å²) in [7, 11) is 0. The number of aliphatic carboxylic acids is 1. The van der Waals surface area contributed by atoms with Crippen molar-refractivity contribution in [3.8, 4) is 0 Å². The number of anilines is 1. The fourth-order valence-corrected chi connectivity index (χ4v) is 3.50. The number of carbonyl (C=O) groups excluding carboxylic acids is 1. The molecule has 4 N–H and O–H groups in total. The molecule has 7 nitrogen and oxygen atoms in total. The van der Waals surface area contributed by atoms with Crippen molar-refractivity contribution in [2.45, 2.75) is 45.8 Å². The predicted molar refractivity (Wildman–Crippen MR) is 107 cm³/mol. The topological polar surface area (TPSA) is 109 Å². The van der Waals surface area contributed by atoms with Gasteiger partial charge in [0.05, 0.1) is 23.4 Å². The number of aromatic nitrogens is 1. The molecule has 3 rings (SSSR count). The van der Waals surface area contributed by atoms with E-state index in [1.165, 1.54) is 6.07 Å². The van der Waals surface area contributed by atoms with Crippen LogP contribution in [-0.4, -0.2) is 53.9 Å². The normalized spacial score (nSPS) is 16.6. The van der Waals surface area contributed by atoms with Crippen LogP contribution >= 0.6 is 0 Å². The van der Waals surface area contributed by atoms with Crippen molar-refractivity contribution in [1.29, 1.82) is 0 Å². The van der Waals surface area contributed by atoms with Crippen molar-refractivity contribution >= 4 is 28.5 Å². The van der Waals surface area contributed by atoms with Gasteiger partial charge in [-0.25, -0.2) is 14.0 Å². The van der Waals surface area contributed by atoms with Gasteiger partial charge in [-0.05, 0) is 45.2 Å². The molecular formula is C20H25F4N3O4. The van der Waals surface area contributed by atoms with Crippen LogP contribution in [0.15, 0.2) is 6.07 Å². The predicted octanol–water partition coefficient (Wildman–Crippen LogP) is 3.66. The van der Waals surface area contributed by atoms with E-state index in [2.05, 4.69) is 4.98 Å². The van der Waals surface area contributed by atoms with E-state index in [9.17, 15) is 22.4 Å². The Bertz CT molecular complexity index is 972. The van der Waals surface area contributed by atoms with Gasteiger partial charge in [-0.1, -0.05) is 0 Å². The highest BCUT2D eigenvalue weighted by Crippen LogP contribution is 2.37. The SMILES string of the molecule is CCOC(=O)c1cc(F)c(N2CCC[C@H](N)C2)c2c(C)c(C)[nH]c12.O=C(O)C(F)(F)F. The number of hydrogen-bond acceptors (Lipinski definition) is 5. The van der Waals surface area contributed by atoms with Crippen LogP contribution in [0, 0.1) is 19.7 Å². The Morgan fingerprint density at radius 3 is 2.48 bits per heavy atom. The summed E-state index contributed by atoms with van der Waals surface area (Å²) in [4.78, 5) is 26.4. The molecule has 11 heteroatoms. The van der Waals surface area contributed by atoms with Crippen molar-refractivity contribution in [3.05, 3.63) is 28.7 Å². The third kappa shape index (κ3) is 5.46. The van der Waals surface area contributed by atoms with Crippen LogP contribution < -0.4 is 10.6 Å². The molecule has 0 unspecified atom stereocenters. The molecule has 2 aromatic rings. The van der Waals surface area contributed by atoms with Gasteiger partial charge in [0.25, 0.3) is 0 Å². The number of ether oxygens (including phenoxy) is 1. The summed E-state index contributed by atoms with van der Waals surface area (Å²) in [6.45, 7) is 7.24. The summed E-state index contributed by atoms with van der Waals surface area (Å²) < 4.78 is 51.8. The fraction of sp³-hybridized carbons (Fsp3) is 0.500. The summed E-state index contributed by atoms with van der Waals surface area (Å²) in [6, 6.07) is 1.32. The Hall–Kier alpha value is -2.82. The second kappa shape index (κ2) is 9.54. The van der Waals surface area contributed by atoms with E-state index in [0.717, 1.165) is 36.0 Å². The van der Waals surface area contributed by atoms with Gasteiger partial charge in [-0.3, -0.25) is 0 Å². The van der Waals surface area contributed by atoms with E-state index in [1.807, 2.05) is 18.7 Å². The highest BCUT2D eigenvalue weighted by molar-refractivity contribution is 6.09. The fourth-order valence-electron chi connectivity index (χ4n) is 3.50. The molecule has 31 heavy (non-hydrogen) atoms. The van der Waals surface area contributed by atoms with Crippen LogP contribution in [0.2, 0.25) is 0 Å². The summed E-state index contributed by atoms with van der Waals surface area (Å²) in [5.41, 5.74) is 9.36. The lowest BCUT2D eigenvalue weighted by atomic mass is 10.0. The first kappa shape index (κ1) is 24.4. The van der Waals surface area contributed by atoms with E-state index >= 15 is 0 Å². The number of carboxylic acid groups (broad SMARTS) is 1. The van der Waals surface area contributed by atoms with E-state index in [0.29, 0.717) is 17.7 Å². The number of aromatic amines is 1. The Balaban J connectivity index is 0.000000423. The van der Waals surface area contributed by atoms with Gasteiger partial charge in [0.15, 0.2) is 0 Å². The molecule has 0 aliphatic carbocycles. The quantitative estimate of drug-likeness (QED) is 0.490. The van der Waals surface area contributed by atoms with Crippen molar-refractivity contribution in [2.24, 2.45) is 5.73 Å². The number of benzene rings is 1. The number of nitrogens with one attached hydrogen (secondary N) is 1. The van der Waals surface area contributed by atoms with Crippen LogP contribution in [0.1, 0.15) is 41.4 Å². The molecule has 1 saturated heterocycles. The van der Waals surface area contributed by atoms with Gasteiger partial charge in [-0.2, -0.15) is 13.2 Å². The molecule has 2 heterocycles. The van der Waals surface area contributed by atoms with Crippen molar-refractivity contribution < 1.29 is 37.0 Å². The number of halogens is 4. The van der Waals surface area contributed by atoms with E-state index < -0.39 is 23.9 Å². The van der Waals surface area contributed by atoms with Crippen LogP contribution in [0.5, 0.6) is 0 Å². The van der Waals surface area contributed by atoms with Crippen LogP contribution in [0.4, 0.5) is 23.2 Å². The summed E-state index contributed by atoms with van der Waals surface area (Å²) in [5, 5.41) is 7.88. The van der Waals surface area contributed by atoms with Crippen molar-refractivity contribution in [2.75, 3.05) is 24.6 Å². The van der Waals surface area contributed by atoms with Gasteiger partial charge in [0.2, 0.25) is 0 Å². The minimum Gasteiger partial charge on any atom is -0.475 e. The standard InChI is InChI=1S/C18H24FN3O2.C2HF3O2/c1-4-24-18(23)13-8-14(19)17(22-7-5-6-12(20)9-22)15-10(2)11(3)21-16(13)15;3-2(4,5)1(6)7/h8,12,21H,4-7,9,20H2,1-3H3;(H,6,7)/t12-;/m0./s1. The molecular weight excluding hydrogens is 422 g/mol. The number of nitrogens with zero attached hydrogens (tertiary/aromatic N) is 1. The van der Waals surface area contributed by atoms with Gasteiger partial charge in [0.1, 0.15) is 5.82 Å². The number of alkyl halides is 3. The Kier molecular flexibility index (Phi) is 7.53. The highest BCUT2D eigenvalue weighted by Gasteiger charge is 2.38. The Labute approximate surface area is 176 Å². The largest absolute Gasteiger partial charge is 0.490 e. The van der Waals surface area contributed by atoms with Crippen LogP contribution in [0.25, 0.3) is 10.9 Å². The maximum Gasteiger partial charge on any atom is 0.490 e. The number of carboxylic acids is 1. The first-order chi connectivity index (χ1) is 14.4. The van der Waals surface area contributed by atoms with Crippen molar-refractivity contribution in [1.82, 2.24) is 4.98 Å². The lowest BCUT2D eigenvalue weighted by Crippen LogP contribution is -2.43. The number of hydrogen-bond donors (Lipinski definition) is 3. The molecule has 0 saturated carbocycles. The lowest BCUT2D eigenvalue weighted by Gasteiger charge is -2.33. The maximum absolute atomic E-state index is 15.0. The first-order valence-electron chi connectivity index (χ1n) is 9.67. The number of rotatable bonds is 3.